The van der Waals surface area contributed by atoms with Crippen LogP contribution in [0.15, 0.2) is 24.3 Å². The van der Waals surface area contributed by atoms with E-state index in [1.165, 1.54) is 0 Å². The Bertz CT molecular complexity index is 347. The quantitative estimate of drug-likeness (QED) is 0.768. The number of hydrogen-bond donors (Lipinski definition) is 2. The average molecular weight is 238 g/mol. The van der Waals surface area contributed by atoms with Gasteiger partial charge in [0, 0.05) is 6.07 Å². The molecular weight excluding hydrogens is 219 g/mol. The largest absolute Gasteiger partial charge is 0.707 e. The van der Waals surface area contributed by atoms with Crippen molar-refractivity contribution >= 4 is 7.32 Å². The average Bonchev–Trinajstić information content (AvgIpc) is 2.15. The van der Waals surface area contributed by atoms with Crippen LogP contribution in [0.2, 0.25) is 0 Å². The SMILES string of the molecule is CC(C)(C)CCOc1cccc(OB(O)O)c1. The van der Waals surface area contributed by atoms with Crippen molar-refractivity contribution in [2.45, 2.75) is 27.2 Å². The maximum Gasteiger partial charge on any atom is 0.707 e. The van der Waals surface area contributed by atoms with Crippen molar-refractivity contribution in [3.8, 4) is 11.5 Å². The summed E-state index contributed by atoms with van der Waals surface area (Å²) in [5.41, 5.74) is 0.232. The van der Waals surface area contributed by atoms with Crippen molar-refractivity contribution in [3.05, 3.63) is 24.3 Å². The first-order valence-electron chi connectivity index (χ1n) is 5.62. The summed E-state index contributed by atoms with van der Waals surface area (Å²) in [5.74, 6) is 1.03. The van der Waals surface area contributed by atoms with Gasteiger partial charge in [0.05, 0.1) is 6.61 Å². The molecule has 0 fully saturated rings. The van der Waals surface area contributed by atoms with E-state index >= 15 is 0 Å². The predicted octanol–water partition coefficient (Wildman–Crippen LogP) is 1.85. The first kappa shape index (κ1) is 13.9. The van der Waals surface area contributed by atoms with Crippen molar-refractivity contribution in [2.24, 2.45) is 5.41 Å². The summed E-state index contributed by atoms with van der Waals surface area (Å²) < 4.78 is 10.3. The van der Waals surface area contributed by atoms with Crippen LogP contribution >= 0.6 is 0 Å². The van der Waals surface area contributed by atoms with Crippen LogP contribution in [0.25, 0.3) is 0 Å². The van der Waals surface area contributed by atoms with Crippen LogP contribution in [-0.4, -0.2) is 24.0 Å². The highest BCUT2D eigenvalue weighted by Crippen LogP contribution is 2.22. The third-order valence-electron chi connectivity index (χ3n) is 2.17. The molecule has 1 aromatic carbocycles. The lowest BCUT2D eigenvalue weighted by Gasteiger charge is -2.18. The van der Waals surface area contributed by atoms with Crippen LogP contribution in [0, 0.1) is 5.41 Å². The molecular formula is C12H19BO4. The molecule has 0 saturated carbocycles. The Labute approximate surface area is 102 Å². The Morgan fingerprint density at radius 1 is 1.18 bits per heavy atom. The summed E-state index contributed by atoms with van der Waals surface area (Å²) in [7, 11) is -1.81. The highest BCUT2D eigenvalue weighted by molar-refractivity contribution is 6.33. The first-order valence-corrected chi connectivity index (χ1v) is 5.62. The molecule has 0 bridgehead atoms. The maximum atomic E-state index is 8.67. The van der Waals surface area contributed by atoms with Gasteiger partial charge in [-0.3, -0.25) is 0 Å². The molecule has 94 valence electrons. The summed E-state index contributed by atoms with van der Waals surface area (Å²) in [6.45, 7) is 7.07. The zero-order chi connectivity index (χ0) is 12.9. The smallest absolute Gasteiger partial charge is 0.512 e. The summed E-state index contributed by atoms with van der Waals surface area (Å²) in [6.07, 6.45) is 0.945. The van der Waals surface area contributed by atoms with Crippen molar-refractivity contribution in [3.63, 3.8) is 0 Å². The van der Waals surface area contributed by atoms with E-state index in [0.29, 0.717) is 18.1 Å². The molecule has 0 radical (unpaired) electrons. The van der Waals surface area contributed by atoms with Gasteiger partial charge in [-0.1, -0.05) is 26.8 Å². The maximum absolute atomic E-state index is 8.67. The molecule has 0 spiro atoms. The molecule has 0 amide bonds. The van der Waals surface area contributed by atoms with E-state index in [1.54, 1.807) is 24.3 Å². The Morgan fingerprint density at radius 3 is 2.41 bits per heavy atom. The molecule has 0 unspecified atom stereocenters. The number of ether oxygens (including phenoxy) is 1. The molecule has 0 aromatic heterocycles. The molecule has 4 nitrogen and oxygen atoms in total. The van der Waals surface area contributed by atoms with Crippen molar-refractivity contribution in [2.75, 3.05) is 6.61 Å². The molecule has 5 heteroatoms. The fourth-order valence-electron chi connectivity index (χ4n) is 1.23. The second-order valence-electron chi connectivity index (χ2n) is 5.08. The van der Waals surface area contributed by atoms with Crippen LogP contribution in [-0.2, 0) is 0 Å². The van der Waals surface area contributed by atoms with E-state index < -0.39 is 7.32 Å². The van der Waals surface area contributed by atoms with Gasteiger partial charge in [0.2, 0.25) is 0 Å². The van der Waals surface area contributed by atoms with Crippen molar-refractivity contribution in [1.29, 1.82) is 0 Å². The minimum atomic E-state index is -1.81. The van der Waals surface area contributed by atoms with E-state index in [9.17, 15) is 0 Å². The van der Waals surface area contributed by atoms with Gasteiger partial charge >= 0.3 is 7.32 Å². The van der Waals surface area contributed by atoms with Gasteiger partial charge < -0.3 is 19.4 Å². The number of benzene rings is 1. The van der Waals surface area contributed by atoms with E-state index in [4.69, 9.17) is 19.4 Å². The summed E-state index contributed by atoms with van der Waals surface area (Å²) >= 11 is 0. The van der Waals surface area contributed by atoms with Gasteiger partial charge in [0.15, 0.2) is 0 Å². The number of hydrogen-bond acceptors (Lipinski definition) is 4. The van der Waals surface area contributed by atoms with E-state index in [2.05, 4.69) is 20.8 Å². The van der Waals surface area contributed by atoms with Crippen molar-refractivity contribution in [1.82, 2.24) is 0 Å². The van der Waals surface area contributed by atoms with Crippen LogP contribution in [0.5, 0.6) is 11.5 Å². The van der Waals surface area contributed by atoms with Crippen molar-refractivity contribution < 1.29 is 19.4 Å². The lowest BCUT2D eigenvalue weighted by molar-refractivity contribution is 0.242. The first-order chi connectivity index (χ1) is 7.87. The highest BCUT2D eigenvalue weighted by atomic mass is 16.6. The molecule has 0 aliphatic rings. The van der Waals surface area contributed by atoms with Gasteiger partial charge in [0.25, 0.3) is 0 Å². The molecule has 17 heavy (non-hydrogen) atoms. The fraction of sp³-hybridized carbons (Fsp3) is 0.500. The Balaban J connectivity index is 2.48. The molecule has 0 atom stereocenters. The van der Waals surface area contributed by atoms with Gasteiger partial charge in [0.1, 0.15) is 11.5 Å². The summed E-state index contributed by atoms with van der Waals surface area (Å²) in [6, 6.07) is 6.81. The second kappa shape index (κ2) is 5.93. The zero-order valence-electron chi connectivity index (χ0n) is 10.5. The summed E-state index contributed by atoms with van der Waals surface area (Å²) in [5, 5.41) is 17.3. The summed E-state index contributed by atoms with van der Waals surface area (Å²) in [4.78, 5) is 0. The van der Waals surface area contributed by atoms with Gasteiger partial charge in [-0.05, 0) is 24.0 Å². The molecule has 0 aliphatic heterocycles. The fourth-order valence-corrected chi connectivity index (χ4v) is 1.23. The van der Waals surface area contributed by atoms with Gasteiger partial charge in [-0.2, -0.15) is 0 Å². The minimum absolute atomic E-state index is 0.232. The topological polar surface area (TPSA) is 58.9 Å². The Hall–Kier alpha value is -1.20. The lowest BCUT2D eigenvalue weighted by Crippen LogP contribution is -2.20. The van der Waals surface area contributed by atoms with Crippen LogP contribution in [0.1, 0.15) is 27.2 Å². The molecule has 1 rings (SSSR count). The molecule has 0 heterocycles. The molecule has 0 saturated heterocycles. The van der Waals surface area contributed by atoms with Crippen LogP contribution < -0.4 is 9.39 Å². The monoisotopic (exact) mass is 238 g/mol. The zero-order valence-corrected chi connectivity index (χ0v) is 10.5. The Morgan fingerprint density at radius 2 is 1.82 bits per heavy atom. The molecule has 2 N–H and O–H groups in total. The van der Waals surface area contributed by atoms with Gasteiger partial charge in [-0.15, -0.1) is 0 Å². The predicted molar refractivity (Wildman–Crippen MR) is 66.8 cm³/mol. The Kier molecular flexibility index (Phi) is 4.84. The minimum Gasteiger partial charge on any atom is -0.512 e. The molecule has 0 aliphatic carbocycles. The highest BCUT2D eigenvalue weighted by Gasteiger charge is 2.12. The third kappa shape index (κ3) is 6.19. The number of rotatable bonds is 5. The van der Waals surface area contributed by atoms with Gasteiger partial charge in [-0.25, -0.2) is 0 Å². The van der Waals surface area contributed by atoms with E-state index in [1.807, 2.05) is 0 Å². The molecule has 1 aromatic rings. The van der Waals surface area contributed by atoms with E-state index in [-0.39, 0.29) is 5.41 Å². The third-order valence-corrected chi connectivity index (χ3v) is 2.17. The van der Waals surface area contributed by atoms with Crippen LogP contribution in [0.3, 0.4) is 0 Å². The standard InChI is InChI=1S/C12H19BO4/c1-12(2,3)7-8-16-10-5-4-6-11(9-10)17-13(14)15/h4-6,9,14-15H,7-8H2,1-3H3. The second-order valence-corrected chi connectivity index (χ2v) is 5.08. The van der Waals surface area contributed by atoms with E-state index in [0.717, 1.165) is 6.42 Å². The lowest BCUT2D eigenvalue weighted by atomic mass is 9.93. The van der Waals surface area contributed by atoms with Crippen LogP contribution in [0.4, 0.5) is 0 Å². The normalized spacial score (nSPS) is 11.1.